The lowest BCUT2D eigenvalue weighted by atomic mass is 10.0. The fraction of sp³-hybridized carbons (Fsp3) is 0.211. The molecule has 0 spiro atoms. The predicted octanol–water partition coefficient (Wildman–Crippen LogP) is 3.50. The Morgan fingerprint density at radius 2 is 2.04 bits per heavy atom. The minimum absolute atomic E-state index is 0.121. The molecule has 6 nitrogen and oxygen atoms in total. The van der Waals surface area contributed by atoms with E-state index in [0.29, 0.717) is 40.5 Å². The van der Waals surface area contributed by atoms with Crippen LogP contribution in [-0.4, -0.2) is 30.4 Å². The average molecular weight is 451 g/mol. The SMILES string of the molecule is NCCCC(=O)O[C@@H]1N=C(c2ccccc2Cl)c2cc(Br)ccc2NC1=O. The lowest BCUT2D eigenvalue weighted by Gasteiger charge is -2.12. The maximum Gasteiger partial charge on any atom is 0.308 e. The normalized spacial score (nSPS) is 16.0. The number of amides is 1. The van der Waals surface area contributed by atoms with E-state index in [1.165, 1.54) is 0 Å². The highest BCUT2D eigenvalue weighted by Crippen LogP contribution is 2.30. The second-order valence-corrected chi connectivity index (χ2v) is 7.19. The molecule has 1 aliphatic heterocycles. The van der Waals surface area contributed by atoms with E-state index in [1.807, 2.05) is 12.1 Å². The van der Waals surface area contributed by atoms with Gasteiger partial charge in [0, 0.05) is 27.0 Å². The molecule has 1 heterocycles. The number of hydrogen-bond donors (Lipinski definition) is 2. The van der Waals surface area contributed by atoms with E-state index in [1.54, 1.807) is 30.3 Å². The zero-order valence-corrected chi connectivity index (χ0v) is 16.6. The third kappa shape index (κ3) is 4.55. The number of ether oxygens (including phenoxy) is 1. The number of carbonyl (C=O) groups excluding carboxylic acids is 2. The number of fused-ring (bicyclic) bond motifs is 1. The molecular weight excluding hydrogens is 434 g/mol. The Hall–Kier alpha value is -2.22. The summed E-state index contributed by atoms with van der Waals surface area (Å²) >= 11 is 9.79. The van der Waals surface area contributed by atoms with Gasteiger partial charge in [0.2, 0.25) is 0 Å². The van der Waals surface area contributed by atoms with Gasteiger partial charge >= 0.3 is 5.97 Å². The third-order valence-electron chi connectivity index (χ3n) is 3.92. The number of hydrogen-bond acceptors (Lipinski definition) is 5. The standard InChI is InChI=1S/C19H17BrClN3O3/c20-11-7-8-15-13(10-11)17(12-4-1-2-5-14(12)21)24-19(18(26)23-15)27-16(25)6-3-9-22/h1-2,4-5,7-8,10,19H,3,6,9,22H2,(H,23,26)/t19-/m0/s1. The molecule has 27 heavy (non-hydrogen) atoms. The first-order chi connectivity index (χ1) is 13.0. The summed E-state index contributed by atoms with van der Waals surface area (Å²) in [5, 5.41) is 3.24. The Balaban J connectivity index is 2.07. The van der Waals surface area contributed by atoms with Crippen molar-refractivity contribution in [2.75, 3.05) is 11.9 Å². The first-order valence-electron chi connectivity index (χ1n) is 8.32. The van der Waals surface area contributed by atoms with Crippen LogP contribution in [0, 0.1) is 0 Å². The average Bonchev–Trinajstić information content (AvgIpc) is 2.77. The molecular formula is C19H17BrClN3O3. The van der Waals surface area contributed by atoms with Crippen LogP contribution >= 0.6 is 27.5 Å². The van der Waals surface area contributed by atoms with Crippen LogP contribution in [0.5, 0.6) is 0 Å². The minimum Gasteiger partial charge on any atom is -0.430 e. The molecule has 1 aliphatic rings. The van der Waals surface area contributed by atoms with Crippen molar-refractivity contribution in [3.63, 3.8) is 0 Å². The van der Waals surface area contributed by atoms with Crippen LogP contribution < -0.4 is 11.1 Å². The smallest absolute Gasteiger partial charge is 0.308 e. The van der Waals surface area contributed by atoms with Gasteiger partial charge in [0.25, 0.3) is 12.1 Å². The van der Waals surface area contributed by atoms with Crippen LogP contribution in [-0.2, 0) is 14.3 Å². The summed E-state index contributed by atoms with van der Waals surface area (Å²) in [6, 6.07) is 12.5. The number of benzodiazepines with no additional fused rings is 1. The molecule has 3 rings (SSSR count). The van der Waals surface area contributed by atoms with Crippen molar-refractivity contribution in [3.8, 4) is 0 Å². The van der Waals surface area contributed by atoms with Gasteiger partial charge in [0.15, 0.2) is 0 Å². The second kappa shape index (κ2) is 8.65. The van der Waals surface area contributed by atoms with E-state index in [-0.39, 0.29) is 6.42 Å². The van der Waals surface area contributed by atoms with E-state index in [0.717, 1.165) is 4.47 Å². The molecule has 0 radical (unpaired) electrons. The summed E-state index contributed by atoms with van der Waals surface area (Å²) in [5.41, 5.74) is 7.75. The van der Waals surface area contributed by atoms with Gasteiger partial charge in [-0.2, -0.15) is 0 Å². The number of carbonyl (C=O) groups is 2. The van der Waals surface area contributed by atoms with Crippen molar-refractivity contribution in [2.24, 2.45) is 10.7 Å². The molecule has 8 heteroatoms. The highest BCUT2D eigenvalue weighted by molar-refractivity contribution is 9.10. The van der Waals surface area contributed by atoms with Gasteiger partial charge in [-0.3, -0.25) is 9.59 Å². The molecule has 0 bridgehead atoms. The number of benzene rings is 2. The fourth-order valence-corrected chi connectivity index (χ4v) is 3.23. The van der Waals surface area contributed by atoms with Crippen molar-refractivity contribution in [1.82, 2.24) is 0 Å². The number of halogens is 2. The van der Waals surface area contributed by atoms with Gasteiger partial charge in [-0.25, -0.2) is 4.99 Å². The molecule has 0 fully saturated rings. The summed E-state index contributed by atoms with van der Waals surface area (Å²) < 4.78 is 6.10. The number of anilines is 1. The first-order valence-corrected chi connectivity index (χ1v) is 9.49. The van der Waals surface area contributed by atoms with Gasteiger partial charge in [0.1, 0.15) is 0 Å². The Kier molecular flexibility index (Phi) is 6.26. The second-order valence-electron chi connectivity index (χ2n) is 5.87. The molecule has 2 aromatic carbocycles. The predicted molar refractivity (Wildman–Crippen MR) is 108 cm³/mol. The van der Waals surface area contributed by atoms with E-state index < -0.39 is 18.1 Å². The van der Waals surface area contributed by atoms with Crippen LogP contribution in [0.3, 0.4) is 0 Å². The summed E-state index contributed by atoms with van der Waals surface area (Å²) in [7, 11) is 0. The topological polar surface area (TPSA) is 93.8 Å². The number of aliphatic imine (C=N–C) groups is 1. The van der Waals surface area contributed by atoms with Gasteiger partial charge in [0.05, 0.1) is 11.4 Å². The summed E-state index contributed by atoms with van der Waals surface area (Å²) in [5.74, 6) is -1.06. The fourth-order valence-electron chi connectivity index (χ4n) is 2.64. The molecule has 0 aliphatic carbocycles. The molecule has 0 saturated carbocycles. The zero-order chi connectivity index (χ0) is 19.4. The van der Waals surface area contributed by atoms with Gasteiger partial charge in [-0.15, -0.1) is 0 Å². The van der Waals surface area contributed by atoms with Crippen molar-refractivity contribution in [2.45, 2.75) is 19.1 Å². The van der Waals surface area contributed by atoms with Crippen LogP contribution in [0.25, 0.3) is 0 Å². The Bertz CT molecular complexity index is 917. The zero-order valence-electron chi connectivity index (χ0n) is 14.2. The quantitative estimate of drug-likeness (QED) is 0.682. The Morgan fingerprint density at radius 3 is 2.78 bits per heavy atom. The van der Waals surface area contributed by atoms with E-state index in [4.69, 9.17) is 22.1 Å². The maximum atomic E-state index is 12.6. The van der Waals surface area contributed by atoms with Crippen molar-refractivity contribution < 1.29 is 14.3 Å². The summed E-state index contributed by atoms with van der Waals surface area (Å²) in [6.45, 7) is 0.361. The summed E-state index contributed by atoms with van der Waals surface area (Å²) in [6.07, 6.45) is -0.718. The monoisotopic (exact) mass is 449 g/mol. The third-order valence-corrected chi connectivity index (χ3v) is 4.75. The number of nitrogens with zero attached hydrogens (tertiary/aromatic N) is 1. The molecule has 0 saturated heterocycles. The molecule has 3 N–H and O–H groups in total. The van der Waals surface area contributed by atoms with Crippen LogP contribution in [0.2, 0.25) is 5.02 Å². The van der Waals surface area contributed by atoms with Crippen LogP contribution in [0.1, 0.15) is 24.0 Å². The van der Waals surface area contributed by atoms with Crippen LogP contribution in [0.15, 0.2) is 51.9 Å². The number of nitrogens with one attached hydrogen (secondary N) is 1. The Morgan fingerprint density at radius 1 is 1.26 bits per heavy atom. The Labute approximate surface area is 169 Å². The van der Waals surface area contributed by atoms with Crippen molar-refractivity contribution >= 4 is 50.8 Å². The largest absolute Gasteiger partial charge is 0.430 e. The van der Waals surface area contributed by atoms with E-state index in [9.17, 15) is 9.59 Å². The molecule has 0 unspecified atom stereocenters. The van der Waals surface area contributed by atoms with Gasteiger partial charge in [-0.05, 0) is 37.2 Å². The van der Waals surface area contributed by atoms with E-state index >= 15 is 0 Å². The first kappa shape index (κ1) is 19.5. The maximum absolute atomic E-state index is 12.6. The minimum atomic E-state index is -1.31. The molecule has 1 amide bonds. The van der Waals surface area contributed by atoms with Gasteiger partial charge < -0.3 is 15.8 Å². The molecule has 140 valence electrons. The lowest BCUT2D eigenvalue weighted by molar-refractivity contribution is -0.153. The highest BCUT2D eigenvalue weighted by Gasteiger charge is 2.29. The number of rotatable bonds is 5. The van der Waals surface area contributed by atoms with Crippen molar-refractivity contribution in [3.05, 3.63) is 63.1 Å². The summed E-state index contributed by atoms with van der Waals surface area (Å²) in [4.78, 5) is 29.0. The van der Waals surface area contributed by atoms with E-state index in [2.05, 4.69) is 26.2 Å². The molecule has 0 aromatic heterocycles. The molecule has 2 aromatic rings. The van der Waals surface area contributed by atoms with Gasteiger partial charge in [-0.1, -0.05) is 45.7 Å². The lowest BCUT2D eigenvalue weighted by Crippen LogP contribution is -2.30. The molecule has 1 atom stereocenters. The van der Waals surface area contributed by atoms with Crippen LogP contribution in [0.4, 0.5) is 5.69 Å². The highest BCUT2D eigenvalue weighted by atomic mass is 79.9. The van der Waals surface area contributed by atoms with Crippen molar-refractivity contribution in [1.29, 1.82) is 0 Å². The number of nitrogens with two attached hydrogens (primary N) is 1. The number of esters is 1.